The van der Waals surface area contributed by atoms with Crippen LogP contribution in [-0.4, -0.2) is 23.2 Å². The molecule has 1 aliphatic carbocycles. The number of nitrogens with one attached hydrogen (secondary N) is 1. The van der Waals surface area contributed by atoms with Crippen molar-refractivity contribution in [2.75, 3.05) is 18.5 Å². The van der Waals surface area contributed by atoms with Gasteiger partial charge in [-0.3, -0.25) is 4.98 Å². The highest BCUT2D eigenvalue weighted by Gasteiger charge is 2.17. The molecule has 4 heteroatoms. The molecule has 0 radical (unpaired) electrons. The predicted octanol–water partition coefficient (Wildman–Crippen LogP) is 3.17. The minimum Gasteiger partial charge on any atom is -0.395 e. The third-order valence-electron chi connectivity index (χ3n) is 3.64. The van der Waals surface area contributed by atoms with Gasteiger partial charge >= 0.3 is 0 Å². The first-order valence-electron chi connectivity index (χ1n) is 6.75. The second-order valence-corrected chi connectivity index (χ2v) is 5.37. The normalized spacial score (nSPS) is 14.4. The number of rotatable bonds is 3. The maximum Gasteiger partial charge on any atom is 0.0741 e. The van der Waals surface area contributed by atoms with E-state index in [1.165, 1.54) is 24.1 Å². The van der Waals surface area contributed by atoms with Gasteiger partial charge in [-0.2, -0.15) is 0 Å². The number of aryl methyl sites for hydroxylation is 1. The summed E-state index contributed by atoms with van der Waals surface area (Å²) in [5.74, 6) is 0. The zero-order chi connectivity index (χ0) is 13.2. The lowest BCUT2D eigenvalue weighted by molar-refractivity contribution is 0.311. The van der Waals surface area contributed by atoms with Gasteiger partial charge < -0.3 is 10.4 Å². The standard InChI is InChI=1S/C15H17ClN2O/c16-10-5-6-12-14(9-10)18-13-4-2-1-3-11(13)15(12)17-7-8-19/h5-6,9,19H,1-4,7-8H2,(H,17,18). The van der Waals surface area contributed by atoms with E-state index in [0.717, 1.165) is 29.4 Å². The number of pyridine rings is 1. The zero-order valence-corrected chi connectivity index (χ0v) is 11.5. The van der Waals surface area contributed by atoms with E-state index in [9.17, 15) is 0 Å². The zero-order valence-electron chi connectivity index (χ0n) is 10.7. The van der Waals surface area contributed by atoms with Crippen LogP contribution in [0.15, 0.2) is 18.2 Å². The molecule has 0 aliphatic heterocycles. The van der Waals surface area contributed by atoms with E-state index >= 15 is 0 Å². The smallest absolute Gasteiger partial charge is 0.0741 e. The summed E-state index contributed by atoms with van der Waals surface area (Å²) in [5.41, 5.74) is 4.56. The maximum atomic E-state index is 9.05. The summed E-state index contributed by atoms with van der Waals surface area (Å²) in [6.45, 7) is 0.695. The van der Waals surface area contributed by atoms with Crippen molar-refractivity contribution in [2.45, 2.75) is 25.7 Å². The first-order valence-corrected chi connectivity index (χ1v) is 7.13. The number of aliphatic hydroxyl groups is 1. The van der Waals surface area contributed by atoms with Crippen molar-refractivity contribution in [1.82, 2.24) is 4.98 Å². The van der Waals surface area contributed by atoms with Crippen molar-refractivity contribution < 1.29 is 5.11 Å². The van der Waals surface area contributed by atoms with Gasteiger partial charge in [-0.25, -0.2) is 0 Å². The lowest BCUT2D eigenvalue weighted by atomic mass is 9.92. The Hall–Kier alpha value is -1.32. The molecular formula is C15H17ClN2O. The molecule has 1 aliphatic rings. The molecule has 2 N–H and O–H groups in total. The number of halogens is 1. The highest BCUT2D eigenvalue weighted by atomic mass is 35.5. The maximum absolute atomic E-state index is 9.05. The Morgan fingerprint density at radius 3 is 2.95 bits per heavy atom. The van der Waals surface area contributed by atoms with Crippen LogP contribution in [0.3, 0.4) is 0 Å². The van der Waals surface area contributed by atoms with E-state index < -0.39 is 0 Å². The number of anilines is 1. The quantitative estimate of drug-likeness (QED) is 0.905. The van der Waals surface area contributed by atoms with Crippen molar-refractivity contribution in [3.8, 4) is 0 Å². The molecule has 1 aromatic heterocycles. The molecule has 100 valence electrons. The Balaban J connectivity index is 2.20. The monoisotopic (exact) mass is 276 g/mol. The fraction of sp³-hybridized carbons (Fsp3) is 0.400. The van der Waals surface area contributed by atoms with E-state index in [1.54, 1.807) is 0 Å². The fourth-order valence-corrected chi connectivity index (χ4v) is 2.95. The molecule has 1 heterocycles. The van der Waals surface area contributed by atoms with Gasteiger partial charge in [0.15, 0.2) is 0 Å². The summed E-state index contributed by atoms with van der Waals surface area (Å²) in [7, 11) is 0. The second-order valence-electron chi connectivity index (χ2n) is 4.93. The van der Waals surface area contributed by atoms with Gasteiger partial charge in [-0.05, 0) is 49.4 Å². The summed E-state index contributed by atoms with van der Waals surface area (Å²) in [6.07, 6.45) is 4.51. The van der Waals surface area contributed by atoms with Gasteiger partial charge in [-0.15, -0.1) is 0 Å². The van der Waals surface area contributed by atoms with Gasteiger partial charge in [0.1, 0.15) is 0 Å². The molecular weight excluding hydrogens is 260 g/mol. The van der Waals surface area contributed by atoms with Crippen LogP contribution >= 0.6 is 11.6 Å². The molecule has 0 atom stereocenters. The predicted molar refractivity (Wildman–Crippen MR) is 79.0 cm³/mol. The Bertz CT molecular complexity index is 613. The van der Waals surface area contributed by atoms with Crippen LogP contribution in [0.4, 0.5) is 5.69 Å². The molecule has 0 saturated carbocycles. The average molecular weight is 277 g/mol. The van der Waals surface area contributed by atoms with Crippen LogP contribution < -0.4 is 5.32 Å². The first kappa shape index (κ1) is 12.7. The summed E-state index contributed by atoms with van der Waals surface area (Å²) in [6, 6.07) is 5.82. The topological polar surface area (TPSA) is 45.1 Å². The van der Waals surface area contributed by atoms with E-state index in [0.29, 0.717) is 11.6 Å². The third-order valence-corrected chi connectivity index (χ3v) is 3.87. The first-order chi connectivity index (χ1) is 9.29. The molecule has 3 rings (SSSR count). The molecule has 2 aromatic rings. The van der Waals surface area contributed by atoms with Crippen molar-refractivity contribution >= 4 is 28.2 Å². The highest BCUT2D eigenvalue weighted by molar-refractivity contribution is 6.31. The van der Waals surface area contributed by atoms with Crippen molar-refractivity contribution in [1.29, 1.82) is 0 Å². The lowest BCUT2D eigenvalue weighted by Crippen LogP contribution is -2.13. The Labute approximate surface area is 117 Å². The van der Waals surface area contributed by atoms with Gasteiger partial charge in [0.05, 0.1) is 12.1 Å². The van der Waals surface area contributed by atoms with Gasteiger partial charge in [0.25, 0.3) is 0 Å². The average Bonchev–Trinajstić information content (AvgIpc) is 2.43. The number of nitrogens with zero attached hydrogens (tertiary/aromatic N) is 1. The van der Waals surface area contributed by atoms with Crippen LogP contribution in [0.25, 0.3) is 10.9 Å². The largest absolute Gasteiger partial charge is 0.395 e. The van der Waals surface area contributed by atoms with Crippen LogP contribution in [0.1, 0.15) is 24.1 Å². The minimum absolute atomic E-state index is 0.131. The number of benzene rings is 1. The molecule has 0 amide bonds. The van der Waals surface area contributed by atoms with Gasteiger partial charge in [0.2, 0.25) is 0 Å². The summed E-state index contributed by atoms with van der Waals surface area (Å²) < 4.78 is 0. The number of fused-ring (bicyclic) bond motifs is 2. The minimum atomic E-state index is 0.131. The van der Waals surface area contributed by atoms with Crippen LogP contribution in [0, 0.1) is 0 Å². The molecule has 0 unspecified atom stereocenters. The van der Waals surface area contributed by atoms with E-state index in [-0.39, 0.29) is 6.61 Å². The molecule has 0 fully saturated rings. The van der Waals surface area contributed by atoms with Crippen molar-refractivity contribution in [2.24, 2.45) is 0 Å². The molecule has 19 heavy (non-hydrogen) atoms. The highest BCUT2D eigenvalue weighted by Crippen LogP contribution is 2.34. The fourth-order valence-electron chi connectivity index (χ4n) is 2.78. The molecule has 0 saturated heterocycles. The van der Waals surface area contributed by atoms with Crippen molar-refractivity contribution in [3.63, 3.8) is 0 Å². The Kier molecular flexibility index (Phi) is 3.58. The van der Waals surface area contributed by atoms with Gasteiger partial charge in [0, 0.05) is 28.3 Å². The molecule has 1 aromatic carbocycles. The molecule has 0 spiro atoms. The Morgan fingerprint density at radius 2 is 2.11 bits per heavy atom. The third kappa shape index (κ3) is 2.40. The SMILES string of the molecule is OCCNc1c2c(nc3cc(Cl)ccc13)CCCC2. The lowest BCUT2D eigenvalue weighted by Gasteiger charge is -2.21. The van der Waals surface area contributed by atoms with Gasteiger partial charge in [-0.1, -0.05) is 11.6 Å². The van der Waals surface area contributed by atoms with E-state index in [4.69, 9.17) is 21.7 Å². The van der Waals surface area contributed by atoms with E-state index in [1.807, 2.05) is 18.2 Å². The summed E-state index contributed by atoms with van der Waals surface area (Å²) >= 11 is 6.06. The molecule has 0 bridgehead atoms. The number of hydrogen-bond donors (Lipinski definition) is 2. The van der Waals surface area contributed by atoms with Crippen LogP contribution in [0.2, 0.25) is 5.02 Å². The van der Waals surface area contributed by atoms with E-state index in [2.05, 4.69) is 5.32 Å². The molecule has 3 nitrogen and oxygen atoms in total. The van der Waals surface area contributed by atoms with Crippen molar-refractivity contribution in [3.05, 3.63) is 34.5 Å². The number of hydrogen-bond acceptors (Lipinski definition) is 3. The van der Waals surface area contributed by atoms with Crippen LogP contribution in [0.5, 0.6) is 0 Å². The van der Waals surface area contributed by atoms with Crippen LogP contribution in [-0.2, 0) is 12.8 Å². The number of aromatic nitrogens is 1. The number of aliphatic hydroxyl groups excluding tert-OH is 1. The summed E-state index contributed by atoms with van der Waals surface area (Å²) in [5, 5.41) is 14.2. The Morgan fingerprint density at radius 1 is 1.26 bits per heavy atom. The summed E-state index contributed by atoms with van der Waals surface area (Å²) in [4.78, 5) is 4.76. The second kappa shape index (κ2) is 5.35.